The van der Waals surface area contributed by atoms with E-state index in [1.165, 1.54) is 6.08 Å². The number of carbonyl (C=O) groups is 1. The van der Waals surface area contributed by atoms with Crippen molar-refractivity contribution in [3.63, 3.8) is 0 Å². The number of hydrogen-bond donors (Lipinski definition) is 1. The van der Waals surface area contributed by atoms with Crippen LogP contribution in [0.5, 0.6) is 11.5 Å². The van der Waals surface area contributed by atoms with E-state index in [0.717, 1.165) is 12.8 Å². The fourth-order valence-electron chi connectivity index (χ4n) is 1.88. The molecule has 0 bridgehead atoms. The first-order valence-electron chi connectivity index (χ1n) is 6.19. The molecule has 5 nitrogen and oxygen atoms in total. The van der Waals surface area contributed by atoms with Crippen LogP contribution in [0.4, 0.5) is 0 Å². The minimum absolute atomic E-state index is 0.0480. The van der Waals surface area contributed by atoms with Gasteiger partial charge in [-0.2, -0.15) is 5.26 Å². The van der Waals surface area contributed by atoms with Gasteiger partial charge in [-0.3, -0.25) is 4.79 Å². The Morgan fingerprint density at radius 3 is 2.95 bits per heavy atom. The Kier molecular flexibility index (Phi) is 3.25. The highest BCUT2D eigenvalue weighted by molar-refractivity contribution is 6.32. The fraction of sp³-hybridized carbons (Fsp3) is 0.286. The number of carbonyl (C=O) groups excluding carboxylic acids is 1. The number of nitriles is 1. The molecule has 0 spiro atoms. The van der Waals surface area contributed by atoms with Crippen LogP contribution in [-0.2, 0) is 4.79 Å². The van der Waals surface area contributed by atoms with E-state index in [0.29, 0.717) is 22.1 Å². The summed E-state index contributed by atoms with van der Waals surface area (Å²) in [6.07, 6.45) is 3.44. The molecule has 1 fully saturated rings. The van der Waals surface area contributed by atoms with Gasteiger partial charge in [0.25, 0.3) is 5.91 Å². The summed E-state index contributed by atoms with van der Waals surface area (Å²) in [5.41, 5.74) is 0.675. The molecule has 3 rings (SSSR count). The van der Waals surface area contributed by atoms with Crippen LogP contribution >= 0.6 is 11.6 Å². The van der Waals surface area contributed by atoms with Crippen LogP contribution in [0.2, 0.25) is 5.02 Å². The molecular formula is C14H11ClN2O3. The number of hydrogen-bond acceptors (Lipinski definition) is 4. The molecular weight excluding hydrogens is 280 g/mol. The molecule has 1 N–H and O–H groups in total. The Morgan fingerprint density at radius 1 is 1.45 bits per heavy atom. The molecule has 0 aromatic heterocycles. The van der Waals surface area contributed by atoms with Crippen molar-refractivity contribution in [2.45, 2.75) is 18.9 Å². The number of nitrogens with one attached hydrogen (secondary N) is 1. The molecule has 2 aliphatic rings. The lowest BCUT2D eigenvalue weighted by Crippen LogP contribution is -2.26. The van der Waals surface area contributed by atoms with Gasteiger partial charge >= 0.3 is 0 Å². The molecule has 0 atom stereocenters. The van der Waals surface area contributed by atoms with E-state index in [-0.39, 0.29) is 24.3 Å². The van der Waals surface area contributed by atoms with Crippen molar-refractivity contribution in [1.29, 1.82) is 5.26 Å². The van der Waals surface area contributed by atoms with Gasteiger partial charge in [0, 0.05) is 6.04 Å². The fourth-order valence-corrected chi connectivity index (χ4v) is 2.15. The van der Waals surface area contributed by atoms with E-state index in [9.17, 15) is 4.79 Å². The summed E-state index contributed by atoms with van der Waals surface area (Å²) in [4.78, 5) is 11.9. The minimum Gasteiger partial charge on any atom is -0.454 e. The van der Waals surface area contributed by atoms with Crippen LogP contribution in [0.25, 0.3) is 6.08 Å². The third-order valence-corrected chi connectivity index (χ3v) is 3.32. The summed E-state index contributed by atoms with van der Waals surface area (Å²) >= 11 is 6.06. The quantitative estimate of drug-likeness (QED) is 0.684. The van der Waals surface area contributed by atoms with Crippen LogP contribution in [0.15, 0.2) is 17.7 Å². The van der Waals surface area contributed by atoms with Crippen LogP contribution in [0, 0.1) is 11.3 Å². The summed E-state index contributed by atoms with van der Waals surface area (Å²) < 4.78 is 10.5. The zero-order chi connectivity index (χ0) is 14.1. The van der Waals surface area contributed by atoms with Crippen molar-refractivity contribution < 1.29 is 14.3 Å². The Labute approximate surface area is 120 Å². The van der Waals surface area contributed by atoms with Gasteiger partial charge in [-0.25, -0.2) is 0 Å². The van der Waals surface area contributed by atoms with Gasteiger partial charge in [0.15, 0.2) is 11.5 Å². The van der Waals surface area contributed by atoms with Gasteiger partial charge in [-0.05, 0) is 36.6 Å². The maximum absolute atomic E-state index is 11.9. The highest BCUT2D eigenvalue weighted by atomic mass is 35.5. The molecule has 0 saturated heterocycles. The molecule has 1 saturated carbocycles. The topological polar surface area (TPSA) is 71.3 Å². The standard InChI is InChI=1S/C14H11ClN2O3/c15-11-4-8(5-12-13(11)20-7-19-12)3-9(6-16)14(18)17-10-1-2-10/h3-5,10H,1-2,7H2,(H,17,18)/b9-3+. The van der Waals surface area contributed by atoms with Crippen molar-refractivity contribution >= 4 is 23.6 Å². The van der Waals surface area contributed by atoms with Gasteiger partial charge in [0.05, 0.1) is 5.02 Å². The molecule has 6 heteroatoms. The number of ether oxygens (including phenoxy) is 2. The van der Waals surface area contributed by atoms with Gasteiger partial charge in [-0.1, -0.05) is 11.6 Å². The largest absolute Gasteiger partial charge is 0.454 e. The lowest BCUT2D eigenvalue weighted by Gasteiger charge is -2.03. The number of fused-ring (bicyclic) bond motifs is 1. The summed E-state index contributed by atoms with van der Waals surface area (Å²) in [5.74, 6) is 0.650. The maximum Gasteiger partial charge on any atom is 0.262 e. The second-order valence-corrected chi connectivity index (χ2v) is 5.06. The molecule has 1 aromatic rings. The summed E-state index contributed by atoms with van der Waals surface area (Å²) in [6.45, 7) is 0.121. The monoisotopic (exact) mass is 290 g/mol. The molecule has 102 valence electrons. The van der Waals surface area contributed by atoms with Crippen molar-refractivity contribution in [3.05, 3.63) is 28.3 Å². The summed E-state index contributed by atoms with van der Waals surface area (Å²) in [5, 5.41) is 12.3. The maximum atomic E-state index is 11.9. The second-order valence-electron chi connectivity index (χ2n) is 4.65. The molecule has 1 aliphatic carbocycles. The van der Waals surface area contributed by atoms with E-state index >= 15 is 0 Å². The van der Waals surface area contributed by atoms with E-state index in [4.69, 9.17) is 26.3 Å². The smallest absolute Gasteiger partial charge is 0.262 e. The molecule has 0 radical (unpaired) electrons. The third-order valence-electron chi connectivity index (χ3n) is 3.04. The van der Waals surface area contributed by atoms with Gasteiger partial charge in [0.1, 0.15) is 11.6 Å². The zero-order valence-electron chi connectivity index (χ0n) is 10.5. The van der Waals surface area contributed by atoms with E-state index in [1.54, 1.807) is 12.1 Å². The molecule has 20 heavy (non-hydrogen) atoms. The van der Waals surface area contributed by atoms with Crippen LogP contribution in [0.1, 0.15) is 18.4 Å². The van der Waals surface area contributed by atoms with Crippen LogP contribution in [-0.4, -0.2) is 18.7 Å². The van der Waals surface area contributed by atoms with Crippen LogP contribution in [0.3, 0.4) is 0 Å². The lowest BCUT2D eigenvalue weighted by molar-refractivity contribution is -0.117. The third kappa shape index (κ3) is 2.56. The highest BCUT2D eigenvalue weighted by Gasteiger charge is 2.25. The number of rotatable bonds is 3. The van der Waals surface area contributed by atoms with Gasteiger partial charge < -0.3 is 14.8 Å². The van der Waals surface area contributed by atoms with Gasteiger partial charge in [0.2, 0.25) is 6.79 Å². The molecule has 1 heterocycles. The van der Waals surface area contributed by atoms with Crippen molar-refractivity contribution in [2.24, 2.45) is 0 Å². The Balaban J connectivity index is 1.87. The van der Waals surface area contributed by atoms with Crippen LogP contribution < -0.4 is 14.8 Å². The SMILES string of the molecule is N#C/C(=C\c1cc(Cl)c2c(c1)OCO2)C(=O)NC1CC1. The van der Waals surface area contributed by atoms with E-state index in [2.05, 4.69) is 5.32 Å². The number of nitrogens with zero attached hydrogens (tertiary/aromatic N) is 1. The van der Waals surface area contributed by atoms with Crippen molar-refractivity contribution in [2.75, 3.05) is 6.79 Å². The second kappa shape index (κ2) is 5.06. The normalized spacial score (nSPS) is 16.7. The first-order valence-corrected chi connectivity index (χ1v) is 6.57. The van der Waals surface area contributed by atoms with Gasteiger partial charge in [-0.15, -0.1) is 0 Å². The average molecular weight is 291 g/mol. The number of amides is 1. The predicted molar refractivity (Wildman–Crippen MR) is 72.3 cm³/mol. The molecule has 1 aliphatic heterocycles. The van der Waals surface area contributed by atoms with E-state index < -0.39 is 0 Å². The lowest BCUT2D eigenvalue weighted by atomic mass is 10.1. The Hall–Kier alpha value is -2.19. The summed E-state index contributed by atoms with van der Waals surface area (Å²) in [7, 11) is 0. The van der Waals surface area contributed by atoms with Crippen molar-refractivity contribution in [1.82, 2.24) is 5.32 Å². The highest BCUT2D eigenvalue weighted by Crippen LogP contribution is 2.40. The van der Waals surface area contributed by atoms with E-state index in [1.807, 2.05) is 6.07 Å². The molecule has 1 amide bonds. The summed E-state index contributed by atoms with van der Waals surface area (Å²) in [6, 6.07) is 5.44. The Bertz CT molecular complexity index is 645. The first-order chi connectivity index (χ1) is 9.67. The minimum atomic E-state index is -0.358. The molecule has 1 aromatic carbocycles. The predicted octanol–water partition coefficient (Wildman–Crippen LogP) is 2.25. The Morgan fingerprint density at radius 2 is 2.25 bits per heavy atom. The molecule has 0 unspecified atom stereocenters. The zero-order valence-corrected chi connectivity index (χ0v) is 11.2. The first kappa shape index (κ1) is 12.8. The number of benzene rings is 1. The average Bonchev–Trinajstić information content (AvgIpc) is 3.10. The number of halogens is 1. The van der Waals surface area contributed by atoms with Crippen molar-refractivity contribution in [3.8, 4) is 17.6 Å².